The largest absolute Gasteiger partial charge is 0.381 e. The number of rotatable bonds is 7. The van der Waals surface area contributed by atoms with E-state index in [1.165, 1.54) is 32.2 Å². The Kier molecular flexibility index (Phi) is 7.07. The van der Waals surface area contributed by atoms with Gasteiger partial charge in [0.25, 0.3) is 0 Å². The second-order valence-corrected chi connectivity index (χ2v) is 13.0. The van der Waals surface area contributed by atoms with Crippen molar-refractivity contribution in [2.24, 2.45) is 5.41 Å². The van der Waals surface area contributed by atoms with E-state index in [1.807, 2.05) is 10.9 Å². The highest BCUT2D eigenvalue weighted by Gasteiger charge is 2.40. The fourth-order valence-electron chi connectivity index (χ4n) is 6.98. The first kappa shape index (κ1) is 25.8. The Morgan fingerprint density at radius 1 is 0.974 bits per heavy atom. The summed E-state index contributed by atoms with van der Waals surface area (Å²) >= 11 is 0. The van der Waals surface area contributed by atoms with Gasteiger partial charge in [-0.05, 0) is 63.2 Å². The minimum Gasteiger partial charge on any atom is -0.381 e. The number of likely N-dealkylation sites (tertiary alicyclic amines) is 1. The lowest BCUT2D eigenvalue weighted by Gasteiger charge is -2.47. The van der Waals surface area contributed by atoms with Gasteiger partial charge in [0.1, 0.15) is 5.82 Å². The van der Waals surface area contributed by atoms with Gasteiger partial charge in [0.05, 0.1) is 43.9 Å². The maximum Gasteiger partial charge on any atom is 0.156 e. The molecule has 2 aliphatic carbocycles. The lowest BCUT2D eigenvalue weighted by Crippen LogP contribution is -2.53. The summed E-state index contributed by atoms with van der Waals surface area (Å²) in [4.78, 5) is 7.61. The van der Waals surface area contributed by atoms with Gasteiger partial charge in [-0.15, -0.1) is 5.10 Å². The smallest absolute Gasteiger partial charge is 0.156 e. The first-order valence-electron chi connectivity index (χ1n) is 15.1. The number of aromatic nitrogens is 5. The van der Waals surface area contributed by atoms with Crippen molar-refractivity contribution in [2.75, 3.05) is 58.0 Å². The average molecular weight is 538 g/mol. The normalized spacial score (nSPS) is 31.5. The molecule has 7 rings (SSSR count). The van der Waals surface area contributed by atoms with E-state index < -0.39 is 0 Å². The Morgan fingerprint density at radius 2 is 1.82 bits per heavy atom. The van der Waals surface area contributed by atoms with E-state index >= 15 is 0 Å². The van der Waals surface area contributed by atoms with Gasteiger partial charge < -0.3 is 24.4 Å². The van der Waals surface area contributed by atoms with Crippen molar-refractivity contribution >= 4 is 5.82 Å². The second-order valence-electron chi connectivity index (χ2n) is 13.0. The molecule has 5 aliphatic rings. The van der Waals surface area contributed by atoms with Crippen LogP contribution >= 0.6 is 0 Å². The van der Waals surface area contributed by atoms with Crippen LogP contribution in [0.2, 0.25) is 0 Å². The average Bonchev–Trinajstić information content (AvgIpc) is 3.46. The van der Waals surface area contributed by atoms with E-state index in [9.17, 15) is 0 Å². The van der Waals surface area contributed by atoms with E-state index in [4.69, 9.17) is 24.3 Å². The lowest BCUT2D eigenvalue weighted by atomic mass is 9.73. The molecule has 10 nitrogen and oxygen atoms in total. The van der Waals surface area contributed by atoms with Crippen LogP contribution in [0.5, 0.6) is 0 Å². The van der Waals surface area contributed by atoms with Gasteiger partial charge in [0.15, 0.2) is 11.6 Å². The first-order valence-corrected chi connectivity index (χ1v) is 15.1. The molecule has 1 spiro atoms. The van der Waals surface area contributed by atoms with Crippen LogP contribution in [0, 0.1) is 5.41 Å². The number of nitrogens with zero attached hydrogens (tertiary/aromatic N) is 6. The van der Waals surface area contributed by atoms with Gasteiger partial charge in [-0.25, -0.2) is 9.67 Å². The molecule has 1 N–H and O–H groups in total. The molecule has 0 amide bonds. The molecule has 1 atom stereocenters. The molecule has 212 valence electrons. The lowest BCUT2D eigenvalue weighted by molar-refractivity contribution is -0.178. The molecule has 0 radical (unpaired) electrons. The molecular weight excluding hydrogens is 494 g/mol. The van der Waals surface area contributed by atoms with Crippen LogP contribution in [0.15, 0.2) is 12.3 Å². The highest BCUT2D eigenvalue weighted by Crippen LogP contribution is 2.41. The number of anilines is 1. The summed E-state index contributed by atoms with van der Waals surface area (Å²) in [5.41, 5.74) is 1.29. The SMILES string of the molecule is CC1(CN2CCC3(CC2)COCCO3)CCC(Nc2cc(-n3nc([C@@H]4CCOC4)nc3C3CC3)cnn2)CC1. The third-order valence-electron chi connectivity index (χ3n) is 9.69. The zero-order valence-corrected chi connectivity index (χ0v) is 23.3. The molecule has 5 heterocycles. The summed E-state index contributed by atoms with van der Waals surface area (Å²) < 4.78 is 19.5. The predicted octanol–water partition coefficient (Wildman–Crippen LogP) is 3.68. The third-order valence-corrected chi connectivity index (χ3v) is 9.69. The molecule has 2 saturated carbocycles. The number of piperidine rings is 1. The van der Waals surface area contributed by atoms with Gasteiger partial charge in [-0.3, -0.25) is 0 Å². The number of ether oxygens (including phenoxy) is 3. The Bertz CT molecular complexity index is 1120. The van der Waals surface area contributed by atoms with Gasteiger partial charge in [-0.2, -0.15) is 10.2 Å². The highest BCUT2D eigenvalue weighted by atomic mass is 16.6. The Morgan fingerprint density at radius 3 is 2.54 bits per heavy atom. The second kappa shape index (κ2) is 10.7. The van der Waals surface area contributed by atoms with Crippen molar-refractivity contribution in [3.8, 4) is 5.69 Å². The molecule has 2 aromatic rings. The molecule has 3 aliphatic heterocycles. The van der Waals surface area contributed by atoms with Gasteiger partial charge in [-0.1, -0.05) is 6.92 Å². The molecule has 2 aromatic heterocycles. The summed E-state index contributed by atoms with van der Waals surface area (Å²) in [5, 5.41) is 17.4. The monoisotopic (exact) mass is 537 g/mol. The van der Waals surface area contributed by atoms with E-state index in [0.717, 1.165) is 101 Å². The predicted molar refractivity (Wildman–Crippen MR) is 146 cm³/mol. The maximum atomic E-state index is 6.14. The molecule has 0 aromatic carbocycles. The van der Waals surface area contributed by atoms with Crippen LogP contribution in [-0.4, -0.2) is 94.2 Å². The van der Waals surface area contributed by atoms with Crippen LogP contribution in [-0.2, 0) is 14.2 Å². The molecule has 5 fully saturated rings. The highest BCUT2D eigenvalue weighted by molar-refractivity contribution is 5.44. The van der Waals surface area contributed by atoms with Gasteiger partial charge in [0.2, 0.25) is 0 Å². The first-order chi connectivity index (χ1) is 19.1. The zero-order valence-electron chi connectivity index (χ0n) is 23.3. The quantitative estimate of drug-likeness (QED) is 0.567. The fraction of sp³-hybridized carbons (Fsp3) is 0.793. The summed E-state index contributed by atoms with van der Waals surface area (Å²) in [6.45, 7) is 9.66. The molecular formula is C29H43N7O3. The van der Waals surface area contributed by atoms with Crippen molar-refractivity contribution in [3.05, 3.63) is 23.9 Å². The standard InChI is InChI=1S/C29H43N7O3/c1-28(19-35-11-9-29(10-12-35)20-38-14-15-39-29)7-4-23(5-8-28)31-25-16-24(17-30-33-25)36-27(21-2-3-21)32-26(34-36)22-6-13-37-18-22/h16-17,21-23H,2-15,18-20H2,1H3,(H,31,33)/t22-,23?,28?/m1/s1. The van der Waals surface area contributed by atoms with E-state index in [1.54, 1.807) is 0 Å². The van der Waals surface area contributed by atoms with Crippen LogP contribution in [0.25, 0.3) is 5.69 Å². The van der Waals surface area contributed by atoms with E-state index in [0.29, 0.717) is 23.3 Å². The van der Waals surface area contributed by atoms with E-state index in [-0.39, 0.29) is 5.60 Å². The summed E-state index contributed by atoms with van der Waals surface area (Å²) in [6.07, 6.45) is 12.1. The maximum absolute atomic E-state index is 6.14. The molecule has 39 heavy (non-hydrogen) atoms. The molecule has 0 bridgehead atoms. The molecule has 0 unspecified atom stereocenters. The summed E-state index contributed by atoms with van der Waals surface area (Å²) in [6, 6.07) is 2.52. The zero-order chi connectivity index (χ0) is 26.3. The molecule has 3 saturated heterocycles. The van der Waals surface area contributed by atoms with Crippen molar-refractivity contribution < 1.29 is 14.2 Å². The van der Waals surface area contributed by atoms with Crippen LogP contribution < -0.4 is 5.32 Å². The van der Waals surface area contributed by atoms with Crippen LogP contribution in [0.3, 0.4) is 0 Å². The Hall–Kier alpha value is -2.14. The Balaban J connectivity index is 0.951. The third kappa shape index (κ3) is 5.71. The van der Waals surface area contributed by atoms with E-state index in [2.05, 4.69) is 33.4 Å². The van der Waals surface area contributed by atoms with Crippen molar-refractivity contribution in [1.82, 2.24) is 29.9 Å². The fourth-order valence-corrected chi connectivity index (χ4v) is 6.98. The van der Waals surface area contributed by atoms with Crippen LogP contribution in [0.1, 0.15) is 88.2 Å². The summed E-state index contributed by atoms with van der Waals surface area (Å²) in [7, 11) is 0. The van der Waals surface area contributed by atoms with Crippen molar-refractivity contribution in [3.63, 3.8) is 0 Å². The van der Waals surface area contributed by atoms with Gasteiger partial charge in [0, 0.05) is 50.2 Å². The van der Waals surface area contributed by atoms with Crippen molar-refractivity contribution in [2.45, 2.75) is 88.2 Å². The molecule has 10 heteroatoms. The number of nitrogens with one attached hydrogen (secondary N) is 1. The van der Waals surface area contributed by atoms with Gasteiger partial charge >= 0.3 is 0 Å². The minimum atomic E-state index is -0.0229. The number of hydrogen-bond donors (Lipinski definition) is 1. The minimum absolute atomic E-state index is 0.0229. The van der Waals surface area contributed by atoms with Crippen molar-refractivity contribution in [1.29, 1.82) is 0 Å². The van der Waals surface area contributed by atoms with Crippen LogP contribution in [0.4, 0.5) is 5.82 Å². The topological polar surface area (TPSA) is 99.5 Å². The summed E-state index contributed by atoms with van der Waals surface area (Å²) in [5.74, 6) is 3.61. The number of hydrogen-bond acceptors (Lipinski definition) is 9. The Labute approximate surface area is 231 Å².